The molecule has 0 heterocycles. The Morgan fingerprint density at radius 1 is 0.944 bits per heavy atom. The van der Waals surface area contributed by atoms with Gasteiger partial charge in [-0.2, -0.15) is 0 Å². The lowest BCUT2D eigenvalue weighted by atomic mass is 10.1. The van der Waals surface area contributed by atoms with Crippen LogP contribution in [0, 0.1) is 0 Å². The van der Waals surface area contributed by atoms with Crippen molar-refractivity contribution in [3.63, 3.8) is 0 Å². The van der Waals surface area contributed by atoms with Gasteiger partial charge in [-0.05, 0) is 23.8 Å². The van der Waals surface area contributed by atoms with Crippen molar-refractivity contribution in [1.82, 2.24) is 5.32 Å². The second kappa shape index (κ2) is 5.89. The van der Waals surface area contributed by atoms with Crippen LogP contribution in [0.1, 0.15) is 11.1 Å². The van der Waals surface area contributed by atoms with Crippen LogP contribution in [0.2, 0.25) is 0 Å². The first-order chi connectivity index (χ1) is 8.66. The van der Waals surface area contributed by atoms with Gasteiger partial charge >= 0.3 is 0 Å². The summed E-state index contributed by atoms with van der Waals surface area (Å²) in [6.45, 7) is 1.22. The molecule has 0 aliphatic rings. The summed E-state index contributed by atoms with van der Waals surface area (Å²) in [5, 5.41) is 22.2. The molecule has 3 N–H and O–H groups in total. The highest BCUT2D eigenvalue weighted by Crippen LogP contribution is 2.27. The summed E-state index contributed by atoms with van der Waals surface area (Å²) in [6.07, 6.45) is 0. The van der Waals surface area contributed by atoms with Crippen molar-refractivity contribution in [2.24, 2.45) is 0 Å². The largest absolute Gasteiger partial charge is 0.504 e. The molecular formula is C14H14BrNO2. The summed E-state index contributed by atoms with van der Waals surface area (Å²) in [4.78, 5) is 0. The lowest BCUT2D eigenvalue weighted by molar-refractivity contribution is 0.397. The molecule has 0 aliphatic carbocycles. The van der Waals surface area contributed by atoms with Crippen molar-refractivity contribution in [3.8, 4) is 11.5 Å². The SMILES string of the molecule is Oc1cccc(CNCc2ccc(Br)cc2)c1O. The molecular weight excluding hydrogens is 294 g/mol. The number of aromatic hydroxyl groups is 2. The molecule has 0 amide bonds. The maximum Gasteiger partial charge on any atom is 0.161 e. The third-order valence-corrected chi connectivity index (χ3v) is 3.18. The van der Waals surface area contributed by atoms with E-state index < -0.39 is 0 Å². The van der Waals surface area contributed by atoms with E-state index >= 15 is 0 Å². The summed E-state index contributed by atoms with van der Waals surface area (Å²) < 4.78 is 1.05. The normalized spacial score (nSPS) is 10.5. The fourth-order valence-electron chi connectivity index (χ4n) is 1.66. The van der Waals surface area contributed by atoms with Crippen LogP contribution < -0.4 is 5.32 Å². The van der Waals surface area contributed by atoms with E-state index in [0.29, 0.717) is 18.7 Å². The highest BCUT2D eigenvalue weighted by molar-refractivity contribution is 9.10. The standard InChI is InChI=1S/C14H14BrNO2/c15-12-6-4-10(5-7-12)8-16-9-11-2-1-3-13(17)14(11)18/h1-7,16-18H,8-9H2. The van der Waals surface area contributed by atoms with Crippen LogP contribution in [0.5, 0.6) is 11.5 Å². The average molecular weight is 308 g/mol. The minimum absolute atomic E-state index is 0.0548. The van der Waals surface area contributed by atoms with Gasteiger partial charge in [0.15, 0.2) is 11.5 Å². The Hall–Kier alpha value is -1.52. The van der Waals surface area contributed by atoms with Gasteiger partial charge in [-0.15, -0.1) is 0 Å². The molecule has 0 saturated heterocycles. The zero-order valence-corrected chi connectivity index (χ0v) is 11.3. The number of benzene rings is 2. The Kier molecular flexibility index (Phi) is 4.23. The Morgan fingerprint density at radius 3 is 2.39 bits per heavy atom. The van der Waals surface area contributed by atoms with Gasteiger partial charge in [0.25, 0.3) is 0 Å². The lowest BCUT2D eigenvalue weighted by Crippen LogP contribution is -2.12. The Bertz CT molecular complexity index is 526. The number of hydrogen-bond donors (Lipinski definition) is 3. The van der Waals surface area contributed by atoms with Crippen LogP contribution in [-0.4, -0.2) is 10.2 Å². The molecule has 0 aromatic heterocycles. The van der Waals surface area contributed by atoms with E-state index in [0.717, 1.165) is 10.0 Å². The Labute approximate surface area is 114 Å². The maximum atomic E-state index is 9.63. The number of nitrogens with one attached hydrogen (secondary N) is 1. The smallest absolute Gasteiger partial charge is 0.161 e. The first-order valence-corrected chi connectivity index (χ1v) is 6.41. The summed E-state index contributed by atoms with van der Waals surface area (Å²) >= 11 is 3.39. The summed E-state index contributed by atoms with van der Waals surface area (Å²) in [6, 6.07) is 13.0. The summed E-state index contributed by atoms with van der Waals surface area (Å²) in [7, 11) is 0. The molecule has 4 heteroatoms. The quantitative estimate of drug-likeness (QED) is 0.761. The zero-order chi connectivity index (χ0) is 13.0. The maximum absolute atomic E-state index is 9.63. The fourth-order valence-corrected chi connectivity index (χ4v) is 1.93. The number of halogens is 1. The molecule has 18 heavy (non-hydrogen) atoms. The van der Waals surface area contributed by atoms with Crippen LogP contribution in [0.15, 0.2) is 46.9 Å². The molecule has 0 saturated carbocycles. The third kappa shape index (κ3) is 3.24. The molecule has 0 bridgehead atoms. The zero-order valence-electron chi connectivity index (χ0n) is 9.73. The van der Waals surface area contributed by atoms with Crippen molar-refractivity contribution in [2.75, 3.05) is 0 Å². The molecule has 2 rings (SSSR count). The summed E-state index contributed by atoms with van der Waals surface area (Å²) in [5.74, 6) is -0.140. The van der Waals surface area contributed by atoms with Gasteiger partial charge < -0.3 is 15.5 Å². The van der Waals surface area contributed by atoms with Crippen LogP contribution in [-0.2, 0) is 13.1 Å². The molecule has 0 atom stereocenters. The first-order valence-electron chi connectivity index (χ1n) is 5.62. The average Bonchev–Trinajstić information content (AvgIpc) is 2.37. The van der Waals surface area contributed by atoms with Crippen molar-refractivity contribution < 1.29 is 10.2 Å². The van der Waals surface area contributed by atoms with Crippen molar-refractivity contribution in [3.05, 3.63) is 58.1 Å². The lowest BCUT2D eigenvalue weighted by Gasteiger charge is -2.08. The first kappa shape index (κ1) is 12.9. The molecule has 0 fully saturated rings. The predicted octanol–water partition coefficient (Wildman–Crippen LogP) is 3.15. The molecule has 0 aliphatic heterocycles. The molecule has 0 unspecified atom stereocenters. The number of para-hydroxylation sites is 1. The van der Waals surface area contributed by atoms with Crippen molar-refractivity contribution >= 4 is 15.9 Å². The van der Waals surface area contributed by atoms with Crippen molar-refractivity contribution in [1.29, 1.82) is 0 Å². The van der Waals surface area contributed by atoms with Gasteiger partial charge in [0.05, 0.1) is 0 Å². The Balaban J connectivity index is 1.92. The van der Waals surface area contributed by atoms with E-state index in [1.807, 2.05) is 24.3 Å². The molecule has 0 spiro atoms. The Morgan fingerprint density at radius 2 is 1.67 bits per heavy atom. The minimum atomic E-state index is -0.0852. The monoisotopic (exact) mass is 307 g/mol. The minimum Gasteiger partial charge on any atom is -0.504 e. The van der Waals surface area contributed by atoms with E-state index in [2.05, 4.69) is 21.2 Å². The van der Waals surface area contributed by atoms with Crippen molar-refractivity contribution in [2.45, 2.75) is 13.1 Å². The highest BCUT2D eigenvalue weighted by Gasteiger charge is 2.04. The van der Waals surface area contributed by atoms with Gasteiger partial charge in [0.1, 0.15) is 0 Å². The number of phenolic OH excluding ortho intramolecular Hbond substituents is 2. The van der Waals surface area contributed by atoms with E-state index in [1.54, 1.807) is 12.1 Å². The van der Waals surface area contributed by atoms with E-state index in [1.165, 1.54) is 6.07 Å². The summed E-state index contributed by atoms with van der Waals surface area (Å²) in [5.41, 5.74) is 1.85. The van der Waals surface area contributed by atoms with Crippen LogP contribution in [0.3, 0.4) is 0 Å². The number of rotatable bonds is 4. The van der Waals surface area contributed by atoms with Gasteiger partial charge in [-0.1, -0.05) is 40.2 Å². The van der Waals surface area contributed by atoms with Gasteiger partial charge in [-0.25, -0.2) is 0 Å². The van der Waals surface area contributed by atoms with Gasteiger partial charge in [0, 0.05) is 23.1 Å². The van der Waals surface area contributed by atoms with E-state index in [9.17, 15) is 10.2 Å². The van der Waals surface area contributed by atoms with Gasteiger partial charge in [0.2, 0.25) is 0 Å². The highest BCUT2D eigenvalue weighted by atomic mass is 79.9. The molecule has 2 aromatic carbocycles. The predicted molar refractivity (Wildman–Crippen MR) is 74.5 cm³/mol. The van der Waals surface area contributed by atoms with Crippen LogP contribution in [0.4, 0.5) is 0 Å². The van der Waals surface area contributed by atoms with Crippen LogP contribution in [0.25, 0.3) is 0 Å². The molecule has 2 aromatic rings. The fraction of sp³-hybridized carbons (Fsp3) is 0.143. The molecule has 3 nitrogen and oxygen atoms in total. The van der Waals surface area contributed by atoms with Gasteiger partial charge in [-0.3, -0.25) is 0 Å². The molecule has 0 radical (unpaired) electrons. The third-order valence-electron chi connectivity index (χ3n) is 2.66. The van der Waals surface area contributed by atoms with E-state index in [4.69, 9.17) is 0 Å². The second-order valence-electron chi connectivity index (χ2n) is 4.01. The second-order valence-corrected chi connectivity index (χ2v) is 4.93. The number of hydrogen-bond acceptors (Lipinski definition) is 3. The van der Waals surface area contributed by atoms with E-state index in [-0.39, 0.29) is 11.5 Å². The topological polar surface area (TPSA) is 52.5 Å². The van der Waals surface area contributed by atoms with Crippen LogP contribution >= 0.6 is 15.9 Å². The molecule has 94 valence electrons. The number of phenols is 2.